The first-order chi connectivity index (χ1) is 13.3. The molecule has 27 heavy (non-hydrogen) atoms. The lowest BCUT2D eigenvalue weighted by molar-refractivity contribution is -0.127. The van der Waals surface area contributed by atoms with Crippen LogP contribution in [0, 0.1) is 5.92 Å². The minimum atomic E-state index is 0.141. The van der Waals surface area contributed by atoms with Gasteiger partial charge in [0, 0.05) is 32.3 Å². The fraction of sp³-hybridized carbons (Fsp3) is 0.682. The molecule has 0 aliphatic carbocycles. The van der Waals surface area contributed by atoms with Gasteiger partial charge in [0.05, 0.1) is 5.92 Å². The van der Waals surface area contributed by atoms with Crippen molar-refractivity contribution in [3.63, 3.8) is 0 Å². The predicted molar refractivity (Wildman–Crippen MR) is 109 cm³/mol. The summed E-state index contributed by atoms with van der Waals surface area (Å²) in [6, 6.07) is 11.0. The number of piperidine rings is 2. The molecule has 1 aromatic rings. The fourth-order valence-electron chi connectivity index (χ4n) is 4.47. The molecule has 0 bridgehead atoms. The Morgan fingerprint density at radius 3 is 2.63 bits per heavy atom. The third-order valence-electron chi connectivity index (χ3n) is 6.09. The molecular weight excluding hydrogens is 338 g/mol. The van der Waals surface area contributed by atoms with E-state index in [4.69, 9.17) is 5.11 Å². The van der Waals surface area contributed by atoms with Gasteiger partial charge < -0.3 is 15.3 Å². The van der Waals surface area contributed by atoms with Crippen molar-refractivity contribution in [2.45, 2.75) is 44.6 Å². The molecule has 0 aromatic heterocycles. The SMILES string of the molecule is O=C(NCCc1ccccc1)C1CCCN(C2CCN(CCCO)CC2)C1. The molecule has 0 radical (unpaired) electrons. The molecule has 0 spiro atoms. The topological polar surface area (TPSA) is 55.8 Å². The van der Waals surface area contributed by atoms with Crippen molar-refractivity contribution in [1.29, 1.82) is 0 Å². The Balaban J connectivity index is 1.39. The standard InChI is InChI=1S/C22H35N3O2/c26-17-5-13-24-15-10-21(11-16-24)25-14-4-8-20(18-25)22(27)23-12-9-19-6-2-1-3-7-19/h1-3,6-7,20-21,26H,4-5,8-18H2,(H,23,27). The van der Waals surface area contributed by atoms with Crippen LogP contribution in [0.3, 0.4) is 0 Å². The summed E-state index contributed by atoms with van der Waals surface area (Å²) in [5, 5.41) is 12.1. The summed E-state index contributed by atoms with van der Waals surface area (Å²) >= 11 is 0. The molecule has 5 heteroatoms. The van der Waals surface area contributed by atoms with E-state index in [1.54, 1.807) is 0 Å². The maximum absolute atomic E-state index is 12.6. The molecule has 2 N–H and O–H groups in total. The van der Waals surface area contributed by atoms with Crippen LogP contribution in [0.5, 0.6) is 0 Å². The molecule has 0 saturated carbocycles. The predicted octanol–water partition coefficient (Wildman–Crippen LogP) is 1.90. The number of carbonyl (C=O) groups is 1. The van der Waals surface area contributed by atoms with Crippen molar-refractivity contribution in [3.05, 3.63) is 35.9 Å². The minimum absolute atomic E-state index is 0.141. The van der Waals surface area contributed by atoms with E-state index >= 15 is 0 Å². The first-order valence-corrected chi connectivity index (χ1v) is 10.6. The van der Waals surface area contributed by atoms with Gasteiger partial charge in [-0.1, -0.05) is 30.3 Å². The van der Waals surface area contributed by atoms with E-state index in [0.29, 0.717) is 6.04 Å². The van der Waals surface area contributed by atoms with Crippen LogP contribution in [-0.4, -0.2) is 72.7 Å². The van der Waals surface area contributed by atoms with E-state index in [1.807, 2.05) is 18.2 Å². The maximum atomic E-state index is 12.6. The Kier molecular flexibility index (Phi) is 8.11. The zero-order chi connectivity index (χ0) is 18.9. The number of hydrogen-bond acceptors (Lipinski definition) is 4. The second-order valence-electron chi connectivity index (χ2n) is 8.01. The summed E-state index contributed by atoms with van der Waals surface area (Å²) in [4.78, 5) is 17.6. The van der Waals surface area contributed by atoms with Crippen molar-refractivity contribution in [1.82, 2.24) is 15.1 Å². The van der Waals surface area contributed by atoms with Crippen LogP contribution in [0.15, 0.2) is 30.3 Å². The number of hydrogen-bond donors (Lipinski definition) is 2. The number of likely N-dealkylation sites (tertiary alicyclic amines) is 2. The fourth-order valence-corrected chi connectivity index (χ4v) is 4.47. The number of aliphatic hydroxyl groups excluding tert-OH is 1. The zero-order valence-corrected chi connectivity index (χ0v) is 16.5. The van der Waals surface area contributed by atoms with Crippen molar-refractivity contribution < 1.29 is 9.90 Å². The van der Waals surface area contributed by atoms with Gasteiger partial charge in [-0.25, -0.2) is 0 Å². The third kappa shape index (κ3) is 6.30. The van der Waals surface area contributed by atoms with Crippen LogP contribution in [0.1, 0.15) is 37.7 Å². The number of benzene rings is 1. The molecule has 1 aromatic carbocycles. The number of carbonyl (C=O) groups excluding carboxylic acids is 1. The van der Waals surface area contributed by atoms with Crippen LogP contribution in [-0.2, 0) is 11.2 Å². The Labute approximate surface area is 163 Å². The highest BCUT2D eigenvalue weighted by molar-refractivity contribution is 5.79. The number of rotatable bonds is 8. The number of nitrogens with zero attached hydrogens (tertiary/aromatic N) is 2. The Hall–Kier alpha value is -1.43. The summed E-state index contributed by atoms with van der Waals surface area (Å²) < 4.78 is 0. The minimum Gasteiger partial charge on any atom is -0.396 e. The second-order valence-corrected chi connectivity index (χ2v) is 8.01. The summed E-state index contributed by atoms with van der Waals surface area (Å²) in [7, 11) is 0. The van der Waals surface area contributed by atoms with Crippen molar-refractivity contribution in [2.24, 2.45) is 5.92 Å². The number of amides is 1. The molecule has 2 heterocycles. The molecule has 2 saturated heterocycles. The van der Waals surface area contributed by atoms with Gasteiger partial charge in [-0.3, -0.25) is 9.69 Å². The van der Waals surface area contributed by atoms with Crippen molar-refractivity contribution in [3.8, 4) is 0 Å². The lowest BCUT2D eigenvalue weighted by atomic mass is 9.93. The molecule has 1 amide bonds. The van der Waals surface area contributed by atoms with E-state index in [0.717, 1.165) is 65.0 Å². The van der Waals surface area contributed by atoms with Crippen LogP contribution in [0.4, 0.5) is 0 Å². The van der Waals surface area contributed by atoms with Gasteiger partial charge in [0.1, 0.15) is 0 Å². The second kappa shape index (κ2) is 10.8. The van der Waals surface area contributed by atoms with Crippen LogP contribution >= 0.6 is 0 Å². The lowest BCUT2D eigenvalue weighted by Gasteiger charge is -2.42. The molecular formula is C22H35N3O2. The van der Waals surface area contributed by atoms with Crippen LogP contribution in [0.2, 0.25) is 0 Å². The first kappa shape index (κ1) is 20.3. The summed E-state index contributed by atoms with van der Waals surface area (Å²) in [6.07, 6.45) is 6.29. The lowest BCUT2D eigenvalue weighted by Crippen LogP contribution is -2.51. The third-order valence-corrected chi connectivity index (χ3v) is 6.09. The first-order valence-electron chi connectivity index (χ1n) is 10.6. The zero-order valence-electron chi connectivity index (χ0n) is 16.5. The molecule has 2 aliphatic rings. The van der Waals surface area contributed by atoms with Crippen LogP contribution < -0.4 is 5.32 Å². The largest absolute Gasteiger partial charge is 0.396 e. The van der Waals surface area contributed by atoms with E-state index in [-0.39, 0.29) is 18.4 Å². The summed E-state index contributed by atoms with van der Waals surface area (Å²) in [5.74, 6) is 0.373. The quantitative estimate of drug-likeness (QED) is 0.731. The average Bonchev–Trinajstić information content (AvgIpc) is 2.73. The van der Waals surface area contributed by atoms with Gasteiger partial charge in [0.25, 0.3) is 0 Å². The van der Waals surface area contributed by atoms with Gasteiger partial charge in [-0.2, -0.15) is 0 Å². The average molecular weight is 374 g/mol. The Morgan fingerprint density at radius 1 is 1.11 bits per heavy atom. The van der Waals surface area contributed by atoms with E-state index in [1.165, 1.54) is 18.4 Å². The molecule has 3 rings (SSSR count). The smallest absolute Gasteiger partial charge is 0.224 e. The van der Waals surface area contributed by atoms with Crippen molar-refractivity contribution in [2.75, 3.05) is 45.9 Å². The Bertz CT molecular complexity index is 558. The molecule has 1 atom stereocenters. The summed E-state index contributed by atoms with van der Waals surface area (Å²) in [5.41, 5.74) is 1.27. The maximum Gasteiger partial charge on any atom is 0.224 e. The molecule has 150 valence electrons. The monoisotopic (exact) mass is 373 g/mol. The van der Waals surface area contributed by atoms with E-state index in [9.17, 15) is 4.79 Å². The van der Waals surface area contributed by atoms with Gasteiger partial charge in [-0.05, 0) is 63.7 Å². The molecule has 2 fully saturated rings. The van der Waals surface area contributed by atoms with Gasteiger partial charge in [0.15, 0.2) is 0 Å². The normalized spacial score (nSPS) is 22.6. The highest BCUT2D eigenvalue weighted by Crippen LogP contribution is 2.24. The highest BCUT2D eigenvalue weighted by Gasteiger charge is 2.31. The molecule has 2 aliphatic heterocycles. The van der Waals surface area contributed by atoms with Gasteiger partial charge in [0.2, 0.25) is 5.91 Å². The van der Waals surface area contributed by atoms with Gasteiger partial charge >= 0.3 is 0 Å². The van der Waals surface area contributed by atoms with E-state index in [2.05, 4.69) is 27.2 Å². The molecule has 5 nitrogen and oxygen atoms in total. The van der Waals surface area contributed by atoms with Gasteiger partial charge in [-0.15, -0.1) is 0 Å². The number of nitrogens with one attached hydrogen (secondary N) is 1. The number of aliphatic hydroxyl groups is 1. The Morgan fingerprint density at radius 2 is 1.89 bits per heavy atom. The highest BCUT2D eigenvalue weighted by atomic mass is 16.3. The summed E-state index contributed by atoms with van der Waals surface area (Å²) in [6.45, 7) is 6.31. The van der Waals surface area contributed by atoms with E-state index < -0.39 is 0 Å². The van der Waals surface area contributed by atoms with Crippen LogP contribution in [0.25, 0.3) is 0 Å². The molecule has 1 unspecified atom stereocenters. The van der Waals surface area contributed by atoms with Crippen molar-refractivity contribution >= 4 is 5.91 Å².